The van der Waals surface area contributed by atoms with Crippen LogP contribution in [-0.2, 0) is 4.74 Å². The lowest BCUT2D eigenvalue weighted by Crippen LogP contribution is -2.26. The minimum absolute atomic E-state index is 0.544. The zero-order chi connectivity index (χ0) is 15.7. The minimum Gasteiger partial charge on any atom is -0.428 e. The molecule has 0 aromatic heterocycles. The highest BCUT2D eigenvalue weighted by Gasteiger charge is 2.20. The Morgan fingerprint density at radius 1 is 0.864 bits per heavy atom. The average Bonchev–Trinajstić information content (AvgIpc) is 2.45. The highest BCUT2D eigenvalue weighted by Crippen LogP contribution is 2.35. The minimum atomic E-state index is -0.686. The van der Waals surface area contributed by atoms with Crippen LogP contribution in [0.4, 0.5) is 4.79 Å². The zero-order valence-electron chi connectivity index (χ0n) is 12.9. The molecule has 3 rings (SSSR count). The van der Waals surface area contributed by atoms with E-state index in [-0.39, 0.29) is 0 Å². The van der Waals surface area contributed by atoms with Crippen LogP contribution in [-0.4, -0.2) is 11.8 Å². The number of carbonyl (C=O) groups excluding carboxylic acids is 1. The van der Waals surface area contributed by atoms with Gasteiger partial charge in [0, 0.05) is 10.8 Å². The van der Waals surface area contributed by atoms with Gasteiger partial charge in [-0.15, -0.1) is 0 Å². The molecule has 0 saturated carbocycles. The summed E-state index contributed by atoms with van der Waals surface area (Å²) in [6, 6.07) is 17.8. The van der Waals surface area contributed by atoms with E-state index in [0.29, 0.717) is 5.75 Å². The van der Waals surface area contributed by atoms with Crippen molar-refractivity contribution in [3.05, 3.63) is 54.6 Å². The Bertz CT molecular complexity index is 790. The third kappa shape index (κ3) is 2.89. The summed E-state index contributed by atoms with van der Waals surface area (Å²) < 4.78 is 10.8. The summed E-state index contributed by atoms with van der Waals surface area (Å²) >= 11 is 0. The van der Waals surface area contributed by atoms with E-state index in [2.05, 4.69) is 6.07 Å². The molecular formula is C19H18O3. The van der Waals surface area contributed by atoms with Gasteiger partial charge in [-0.3, -0.25) is 0 Å². The quantitative estimate of drug-likeness (QED) is 0.347. The molecule has 0 atom stereocenters. The Labute approximate surface area is 129 Å². The fraction of sp³-hybridized carbons (Fsp3) is 0.211. The molecule has 0 spiro atoms. The van der Waals surface area contributed by atoms with Crippen molar-refractivity contribution in [3.63, 3.8) is 0 Å². The second-order valence-corrected chi connectivity index (χ2v) is 6.21. The van der Waals surface area contributed by atoms with E-state index in [1.807, 2.05) is 69.3 Å². The van der Waals surface area contributed by atoms with Crippen molar-refractivity contribution in [2.45, 2.75) is 26.4 Å². The Morgan fingerprint density at radius 2 is 1.36 bits per heavy atom. The molecule has 3 aromatic rings. The predicted octanol–water partition coefficient (Wildman–Crippen LogP) is 5.31. The highest BCUT2D eigenvalue weighted by molar-refractivity contribution is 6.06. The van der Waals surface area contributed by atoms with Crippen molar-refractivity contribution in [1.29, 1.82) is 0 Å². The van der Waals surface area contributed by atoms with Crippen molar-refractivity contribution in [2.24, 2.45) is 0 Å². The number of hydrogen-bond acceptors (Lipinski definition) is 3. The lowest BCUT2D eigenvalue weighted by molar-refractivity contribution is 0.0212. The van der Waals surface area contributed by atoms with E-state index in [0.717, 1.165) is 21.5 Å². The lowest BCUT2D eigenvalue weighted by Gasteiger charge is -2.19. The molecule has 0 radical (unpaired) electrons. The van der Waals surface area contributed by atoms with Crippen molar-refractivity contribution >= 4 is 27.7 Å². The van der Waals surface area contributed by atoms with Crippen LogP contribution >= 0.6 is 0 Å². The summed E-state index contributed by atoms with van der Waals surface area (Å²) in [5.41, 5.74) is -0.586. The Morgan fingerprint density at radius 3 is 1.86 bits per heavy atom. The maximum Gasteiger partial charge on any atom is 0.514 e. The topological polar surface area (TPSA) is 35.5 Å². The van der Waals surface area contributed by atoms with Crippen molar-refractivity contribution in [1.82, 2.24) is 0 Å². The van der Waals surface area contributed by atoms with E-state index in [1.54, 1.807) is 0 Å². The van der Waals surface area contributed by atoms with Crippen LogP contribution in [0.2, 0.25) is 0 Å². The molecule has 3 nitrogen and oxygen atoms in total. The largest absolute Gasteiger partial charge is 0.514 e. The SMILES string of the molecule is CC(C)(C)OC(=O)Oc1c2ccccc2cc2ccccc12. The second kappa shape index (κ2) is 5.34. The molecule has 0 fully saturated rings. The zero-order valence-corrected chi connectivity index (χ0v) is 12.9. The summed E-state index contributed by atoms with van der Waals surface area (Å²) in [6.45, 7) is 5.44. The molecule has 0 saturated heterocycles. The summed E-state index contributed by atoms with van der Waals surface area (Å²) in [4.78, 5) is 12.1. The molecule has 22 heavy (non-hydrogen) atoms. The van der Waals surface area contributed by atoms with Gasteiger partial charge in [0.25, 0.3) is 0 Å². The molecule has 0 aliphatic carbocycles. The van der Waals surface area contributed by atoms with Gasteiger partial charge in [-0.1, -0.05) is 48.5 Å². The number of benzene rings is 3. The van der Waals surface area contributed by atoms with E-state index in [4.69, 9.17) is 9.47 Å². The van der Waals surface area contributed by atoms with Gasteiger partial charge < -0.3 is 9.47 Å². The summed E-state index contributed by atoms with van der Waals surface area (Å²) in [5.74, 6) is 0.544. The molecule has 0 bridgehead atoms. The Balaban J connectivity index is 2.14. The average molecular weight is 294 g/mol. The molecule has 0 amide bonds. The summed E-state index contributed by atoms with van der Waals surface area (Å²) in [5, 5.41) is 3.85. The van der Waals surface area contributed by atoms with E-state index in [9.17, 15) is 4.79 Å². The summed E-state index contributed by atoms with van der Waals surface area (Å²) in [6.07, 6.45) is -0.686. The van der Waals surface area contributed by atoms with Gasteiger partial charge in [-0.25, -0.2) is 4.79 Å². The van der Waals surface area contributed by atoms with Crippen LogP contribution in [0, 0.1) is 0 Å². The van der Waals surface area contributed by atoms with Crippen molar-refractivity contribution < 1.29 is 14.3 Å². The Kier molecular flexibility index (Phi) is 3.49. The first kappa shape index (κ1) is 14.4. The highest BCUT2D eigenvalue weighted by atomic mass is 16.7. The third-order valence-electron chi connectivity index (χ3n) is 3.30. The van der Waals surface area contributed by atoms with Gasteiger partial charge in [0.2, 0.25) is 0 Å². The molecule has 0 aliphatic rings. The van der Waals surface area contributed by atoms with Gasteiger partial charge in [-0.2, -0.15) is 0 Å². The van der Waals surface area contributed by atoms with Crippen LogP contribution < -0.4 is 4.74 Å². The lowest BCUT2D eigenvalue weighted by atomic mass is 10.0. The first-order valence-corrected chi connectivity index (χ1v) is 7.25. The van der Waals surface area contributed by atoms with E-state index in [1.165, 1.54) is 0 Å². The molecule has 112 valence electrons. The summed E-state index contributed by atoms with van der Waals surface area (Å²) in [7, 11) is 0. The fourth-order valence-corrected chi connectivity index (χ4v) is 2.44. The number of hydrogen-bond donors (Lipinski definition) is 0. The molecule has 0 heterocycles. The number of rotatable bonds is 1. The van der Waals surface area contributed by atoms with E-state index >= 15 is 0 Å². The van der Waals surface area contributed by atoms with Crippen LogP contribution in [0.25, 0.3) is 21.5 Å². The first-order valence-electron chi connectivity index (χ1n) is 7.25. The van der Waals surface area contributed by atoms with Gasteiger partial charge in [-0.05, 0) is 37.6 Å². The molecule has 0 unspecified atom stereocenters. The van der Waals surface area contributed by atoms with Gasteiger partial charge in [0.15, 0.2) is 0 Å². The Hall–Kier alpha value is -2.55. The molecule has 3 aromatic carbocycles. The van der Waals surface area contributed by atoms with Crippen LogP contribution in [0.3, 0.4) is 0 Å². The fourth-order valence-electron chi connectivity index (χ4n) is 2.44. The normalized spacial score (nSPS) is 11.6. The molecule has 0 aliphatic heterocycles. The number of ether oxygens (including phenoxy) is 2. The van der Waals surface area contributed by atoms with Gasteiger partial charge in [0.1, 0.15) is 11.4 Å². The molecular weight excluding hydrogens is 276 g/mol. The number of carbonyl (C=O) groups is 1. The maximum absolute atomic E-state index is 12.1. The third-order valence-corrected chi connectivity index (χ3v) is 3.30. The smallest absolute Gasteiger partial charge is 0.428 e. The van der Waals surface area contributed by atoms with Crippen LogP contribution in [0.15, 0.2) is 54.6 Å². The van der Waals surface area contributed by atoms with Crippen LogP contribution in [0.5, 0.6) is 5.75 Å². The van der Waals surface area contributed by atoms with E-state index < -0.39 is 11.8 Å². The monoisotopic (exact) mass is 294 g/mol. The molecule has 3 heteroatoms. The second-order valence-electron chi connectivity index (χ2n) is 6.21. The van der Waals surface area contributed by atoms with Gasteiger partial charge in [0.05, 0.1) is 0 Å². The maximum atomic E-state index is 12.1. The van der Waals surface area contributed by atoms with Gasteiger partial charge >= 0.3 is 6.16 Å². The van der Waals surface area contributed by atoms with Crippen molar-refractivity contribution in [2.75, 3.05) is 0 Å². The van der Waals surface area contributed by atoms with Crippen molar-refractivity contribution in [3.8, 4) is 5.75 Å². The van der Waals surface area contributed by atoms with Crippen LogP contribution in [0.1, 0.15) is 20.8 Å². The standard InChI is InChI=1S/C19H18O3/c1-19(2,3)22-18(20)21-17-15-10-6-4-8-13(15)12-14-9-5-7-11-16(14)17/h4-12H,1-3H3. The number of fused-ring (bicyclic) bond motifs is 2. The first-order chi connectivity index (χ1) is 10.4. The predicted molar refractivity (Wildman–Crippen MR) is 88.3 cm³/mol. The molecule has 0 N–H and O–H groups in total.